The van der Waals surface area contributed by atoms with E-state index in [-0.39, 0.29) is 5.70 Å². The van der Waals surface area contributed by atoms with Gasteiger partial charge in [0.05, 0.1) is 5.69 Å². The average molecular weight is 350 g/mol. The summed E-state index contributed by atoms with van der Waals surface area (Å²) < 4.78 is 41.3. The van der Waals surface area contributed by atoms with Crippen molar-refractivity contribution in [2.75, 3.05) is 0 Å². The fourth-order valence-corrected chi connectivity index (χ4v) is 2.85. The van der Waals surface area contributed by atoms with E-state index in [0.717, 1.165) is 23.5 Å². The first-order valence-corrected chi connectivity index (χ1v) is 7.83. The third-order valence-corrected chi connectivity index (χ3v) is 4.18. The van der Waals surface area contributed by atoms with Gasteiger partial charge in [-0.2, -0.15) is 13.2 Å². The van der Waals surface area contributed by atoms with Crippen molar-refractivity contribution in [2.24, 2.45) is 7.05 Å². The number of allylic oxidation sites excluding steroid dienone is 1. The Kier molecular flexibility index (Phi) is 5.06. The van der Waals surface area contributed by atoms with Crippen LogP contribution in [0.15, 0.2) is 30.5 Å². The predicted molar refractivity (Wildman–Crippen MR) is 91.9 cm³/mol. The van der Waals surface area contributed by atoms with Crippen LogP contribution in [0.3, 0.4) is 0 Å². The largest absolute Gasteiger partial charge is 0.693 e. The zero-order valence-corrected chi connectivity index (χ0v) is 14.6. The second-order valence-electron chi connectivity index (χ2n) is 5.94. The lowest BCUT2D eigenvalue weighted by Gasteiger charge is -2.14. The fraction of sp³-hybridized carbons (Fsp3) is 0.333. The van der Waals surface area contributed by atoms with E-state index >= 15 is 0 Å². The van der Waals surface area contributed by atoms with Crippen molar-refractivity contribution >= 4 is 11.4 Å². The van der Waals surface area contributed by atoms with Gasteiger partial charge < -0.3 is 10.3 Å². The van der Waals surface area contributed by atoms with Gasteiger partial charge in [0.2, 0.25) is 0 Å². The topological polar surface area (TPSA) is 56.5 Å². The van der Waals surface area contributed by atoms with Crippen LogP contribution in [0, 0.1) is 19.3 Å². The molecule has 0 atom stereocenters. The Morgan fingerprint density at radius 2 is 1.96 bits per heavy atom. The molecule has 0 radical (unpaired) electrons. The van der Waals surface area contributed by atoms with Gasteiger partial charge in [0, 0.05) is 23.5 Å². The maximum Gasteiger partial charge on any atom is 0.432 e. The zero-order valence-electron chi connectivity index (χ0n) is 14.6. The van der Waals surface area contributed by atoms with Crippen LogP contribution in [-0.4, -0.2) is 16.5 Å². The molecule has 0 saturated carbocycles. The number of hydrogen-bond acceptors (Lipinski definition) is 1. The molecule has 25 heavy (non-hydrogen) atoms. The Labute approximate surface area is 144 Å². The van der Waals surface area contributed by atoms with Gasteiger partial charge in [-0.1, -0.05) is 12.6 Å². The average Bonchev–Trinajstić information content (AvgIpc) is 2.81. The van der Waals surface area contributed by atoms with Crippen molar-refractivity contribution in [2.45, 2.75) is 33.4 Å². The van der Waals surface area contributed by atoms with E-state index in [1.165, 1.54) is 5.56 Å². The van der Waals surface area contributed by atoms with Gasteiger partial charge in [-0.05, 0) is 38.0 Å². The highest BCUT2D eigenvalue weighted by atomic mass is 19.4. The monoisotopic (exact) mass is 350 g/mol. The number of alkyl halides is 3. The van der Waals surface area contributed by atoms with Gasteiger partial charge in [0.25, 0.3) is 0 Å². The molecule has 0 saturated heterocycles. The molecule has 4 nitrogen and oxygen atoms in total. The van der Waals surface area contributed by atoms with Crippen molar-refractivity contribution in [1.29, 1.82) is 5.41 Å². The molecule has 0 amide bonds. The van der Waals surface area contributed by atoms with Crippen molar-refractivity contribution in [3.63, 3.8) is 0 Å². The van der Waals surface area contributed by atoms with E-state index in [4.69, 9.17) is 11.1 Å². The smallest absolute Gasteiger partial charge is 0.432 e. The van der Waals surface area contributed by atoms with Crippen LogP contribution in [0.5, 0.6) is 0 Å². The third-order valence-electron chi connectivity index (χ3n) is 4.18. The van der Waals surface area contributed by atoms with Crippen LogP contribution >= 0.6 is 0 Å². The standard InChI is InChI=1S/C18H21F3N4/c1-5-13-8-11(2)25(12(13)3)14-6-7-24(4)16(9-14)15(22)10-17(23)18(19,20)21/h6-10,22-23H,5H2,1-4H3/b15-10-,23-17?. The first-order chi connectivity index (χ1) is 11.6. The highest BCUT2D eigenvalue weighted by Gasteiger charge is 2.32. The van der Waals surface area contributed by atoms with Gasteiger partial charge >= 0.3 is 6.18 Å². The third kappa shape index (κ3) is 3.75. The Bertz CT molecular complexity index is 845. The number of hydrogen-bond donors (Lipinski definition) is 1. The van der Waals surface area contributed by atoms with Crippen LogP contribution < -0.4 is 4.57 Å². The molecule has 2 heterocycles. The van der Waals surface area contributed by atoms with Gasteiger partial charge in [0.1, 0.15) is 12.8 Å². The summed E-state index contributed by atoms with van der Waals surface area (Å²) >= 11 is 0. The Morgan fingerprint density at radius 3 is 2.48 bits per heavy atom. The highest BCUT2D eigenvalue weighted by Crippen LogP contribution is 2.24. The quantitative estimate of drug-likeness (QED) is 0.625. The summed E-state index contributed by atoms with van der Waals surface area (Å²) in [6.45, 7) is 6.03. The molecular weight excluding hydrogens is 329 g/mol. The van der Waals surface area contributed by atoms with Crippen molar-refractivity contribution < 1.29 is 17.7 Å². The molecule has 2 aromatic heterocycles. The molecule has 0 unspecified atom stereocenters. The van der Waals surface area contributed by atoms with E-state index in [1.807, 2.05) is 24.5 Å². The molecule has 134 valence electrons. The number of rotatable bonds is 4. The Morgan fingerprint density at radius 1 is 1.32 bits per heavy atom. The molecule has 0 aliphatic carbocycles. The van der Waals surface area contributed by atoms with Crippen molar-refractivity contribution in [1.82, 2.24) is 4.57 Å². The second kappa shape index (κ2) is 6.74. The Balaban J connectivity index is 2.54. The number of halogens is 3. The normalized spacial score (nSPS) is 12.5. The first-order valence-electron chi connectivity index (χ1n) is 7.83. The minimum absolute atomic E-state index is 0.303. The van der Waals surface area contributed by atoms with E-state index in [2.05, 4.69) is 13.0 Å². The minimum Gasteiger partial charge on any atom is -0.693 e. The van der Waals surface area contributed by atoms with Crippen LogP contribution in [0.1, 0.15) is 29.6 Å². The molecule has 0 aliphatic heterocycles. The van der Waals surface area contributed by atoms with E-state index < -0.39 is 11.9 Å². The molecule has 7 heteroatoms. The van der Waals surface area contributed by atoms with Gasteiger partial charge in [-0.3, -0.25) is 5.41 Å². The molecule has 0 aliphatic rings. The number of aryl methyl sites for hydroxylation is 3. The van der Waals surface area contributed by atoms with E-state index in [9.17, 15) is 13.2 Å². The molecule has 2 N–H and O–H groups in total. The van der Waals surface area contributed by atoms with Crippen LogP contribution in [0.25, 0.3) is 17.1 Å². The lowest BCUT2D eigenvalue weighted by atomic mass is 10.2. The number of nitrogens with zero attached hydrogens (tertiary/aromatic N) is 2. The van der Waals surface area contributed by atoms with E-state index in [0.29, 0.717) is 11.8 Å². The van der Waals surface area contributed by atoms with Gasteiger partial charge in [0.15, 0.2) is 11.9 Å². The highest BCUT2D eigenvalue weighted by molar-refractivity contribution is 6.02. The summed E-state index contributed by atoms with van der Waals surface area (Å²) in [4.78, 5) is 0. The van der Waals surface area contributed by atoms with Crippen molar-refractivity contribution in [3.8, 4) is 5.69 Å². The SMILES string of the molecule is CCc1cc(C)n(-c2cc[n+](C)c(/C([NH-])=C/C(=N)C(F)(F)F)c2)c1C. The molecule has 2 aromatic rings. The summed E-state index contributed by atoms with van der Waals surface area (Å²) in [7, 11) is 1.66. The summed E-state index contributed by atoms with van der Waals surface area (Å²) in [6, 6.07) is 5.60. The van der Waals surface area contributed by atoms with Gasteiger partial charge in [-0.25, -0.2) is 4.57 Å². The first kappa shape index (κ1) is 18.8. The zero-order chi connectivity index (χ0) is 18.9. The second-order valence-corrected chi connectivity index (χ2v) is 5.94. The van der Waals surface area contributed by atoms with E-state index in [1.54, 1.807) is 23.9 Å². The molecule has 0 aromatic carbocycles. The molecule has 0 fully saturated rings. The lowest BCUT2D eigenvalue weighted by Crippen LogP contribution is -2.33. The summed E-state index contributed by atoms with van der Waals surface area (Å²) in [5.74, 6) is 0. The summed E-state index contributed by atoms with van der Waals surface area (Å²) in [5, 5.41) is 7.07. The fourth-order valence-electron chi connectivity index (χ4n) is 2.85. The number of pyridine rings is 1. The summed E-state index contributed by atoms with van der Waals surface area (Å²) in [5.41, 5.74) is 10.4. The molecule has 0 bridgehead atoms. The lowest BCUT2D eigenvalue weighted by molar-refractivity contribution is -0.673. The number of nitrogens with one attached hydrogen (secondary N) is 2. The molecular formula is C18H21F3N4. The molecule has 2 rings (SSSR count). The molecule has 0 spiro atoms. The van der Waals surface area contributed by atoms with Crippen LogP contribution in [-0.2, 0) is 13.5 Å². The van der Waals surface area contributed by atoms with Crippen LogP contribution in [0.2, 0.25) is 0 Å². The Hall–Kier alpha value is -2.57. The van der Waals surface area contributed by atoms with Gasteiger partial charge in [-0.15, -0.1) is 0 Å². The predicted octanol–water partition coefficient (Wildman–Crippen LogP) is 4.46. The minimum atomic E-state index is -4.76. The number of aromatic nitrogens is 2. The maximum absolute atomic E-state index is 12.6. The van der Waals surface area contributed by atoms with Crippen LogP contribution in [0.4, 0.5) is 13.2 Å². The summed E-state index contributed by atoms with van der Waals surface area (Å²) in [6.07, 6.45) is -1.63. The van der Waals surface area contributed by atoms with Crippen molar-refractivity contribution in [3.05, 3.63) is 58.9 Å². The maximum atomic E-state index is 12.6.